The van der Waals surface area contributed by atoms with E-state index in [1.54, 1.807) is 11.3 Å². The number of nitrogens with zero attached hydrogens (tertiary/aromatic N) is 1. The Morgan fingerprint density at radius 3 is 3.10 bits per heavy atom. The van der Waals surface area contributed by atoms with Crippen LogP contribution >= 0.6 is 11.3 Å². The van der Waals surface area contributed by atoms with Crippen LogP contribution in [0.5, 0.6) is 0 Å². The lowest BCUT2D eigenvalue weighted by atomic mass is 10.1. The van der Waals surface area contributed by atoms with Crippen LogP contribution in [0.25, 0.3) is 0 Å². The molecular weight excluding hydrogens is 274 g/mol. The number of hydrogen-bond acceptors (Lipinski definition) is 5. The molecule has 0 aromatic carbocycles. The van der Waals surface area contributed by atoms with Crippen molar-refractivity contribution in [3.05, 3.63) is 22.4 Å². The third kappa shape index (κ3) is 4.02. The van der Waals surface area contributed by atoms with Gasteiger partial charge in [-0.15, -0.1) is 11.3 Å². The van der Waals surface area contributed by atoms with Gasteiger partial charge in [-0.2, -0.15) is 0 Å². The van der Waals surface area contributed by atoms with E-state index in [0.717, 1.165) is 25.8 Å². The summed E-state index contributed by atoms with van der Waals surface area (Å²) in [6.45, 7) is 3.07. The summed E-state index contributed by atoms with van der Waals surface area (Å²) >= 11 is 1.79. The quantitative estimate of drug-likeness (QED) is 0.469. The first-order valence-corrected chi connectivity index (χ1v) is 7.86. The molecule has 1 aromatic heterocycles. The second-order valence-corrected chi connectivity index (χ2v) is 6.44. The number of nitrogens with two attached hydrogens (primary N) is 1. The van der Waals surface area contributed by atoms with E-state index in [0.29, 0.717) is 6.04 Å². The predicted molar refractivity (Wildman–Crippen MR) is 80.3 cm³/mol. The van der Waals surface area contributed by atoms with E-state index in [2.05, 4.69) is 41.8 Å². The molecule has 3 unspecified atom stereocenters. The molecule has 2 heterocycles. The number of carbonyl (C=O) groups is 1. The highest BCUT2D eigenvalue weighted by Crippen LogP contribution is 2.21. The van der Waals surface area contributed by atoms with E-state index in [9.17, 15) is 4.79 Å². The highest BCUT2D eigenvalue weighted by Gasteiger charge is 2.31. The van der Waals surface area contributed by atoms with Crippen molar-refractivity contribution in [1.29, 1.82) is 0 Å². The predicted octanol–water partition coefficient (Wildman–Crippen LogP) is 1.15. The Bertz CT molecular complexity index is 424. The summed E-state index contributed by atoms with van der Waals surface area (Å²) in [7, 11) is 2.11. The Morgan fingerprint density at radius 2 is 2.45 bits per heavy atom. The molecule has 20 heavy (non-hydrogen) atoms. The van der Waals surface area contributed by atoms with Crippen LogP contribution < -0.4 is 11.3 Å². The first kappa shape index (κ1) is 15.4. The number of likely N-dealkylation sites (N-methyl/N-ethyl adjacent to an activating group) is 1. The van der Waals surface area contributed by atoms with Gasteiger partial charge >= 0.3 is 0 Å². The Kier molecular flexibility index (Phi) is 5.54. The molecule has 1 fully saturated rings. The van der Waals surface area contributed by atoms with Crippen LogP contribution in [0, 0.1) is 0 Å². The van der Waals surface area contributed by atoms with Crippen LogP contribution in [0.2, 0.25) is 0 Å². The van der Waals surface area contributed by atoms with E-state index >= 15 is 0 Å². The molecule has 3 N–H and O–H groups in total. The van der Waals surface area contributed by atoms with Gasteiger partial charge in [-0.25, -0.2) is 5.84 Å². The topological polar surface area (TPSA) is 67.6 Å². The number of carbonyl (C=O) groups excluding carboxylic acids is 1. The summed E-state index contributed by atoms with van der Waals surface area (Å²) in [5, 5.41) is 2.11. The average molecular weight is 297 g/mol. The first-order valence-electron chi connectivity index (χ1n) is 6.98. The van der Waals surface area contributed by atoms with Gasteiger partial charge in [0.05, 0.1) is 6.10 Å². The van der Waals surface area contributed by atoms with Crippen molar-refractivity contribution in [1.82, 2.24) is 10.3 Å². The van der Waals surface area contributed by atoms with Crippen molar-refractivity contribution < 1.29 is 9.53 Å². The van der Waals surface area contributed by atoms with Gasteiger partial charge in [0.1, 0.15) is 6.10 Å². The smallest absolute Gasteiger partial charge is 0.263 e. The highest BCUT2D eigenvalue weighted by atomic mass is 32.1. The molecule has 5 nitrogen and oxygen atoms in total. The third-order valence-electron chi connectivity index (χ3n) is 3.86. The van der Waals surface area contributed by atoms with Gasteiger partial charge in [-0.05, 0) is 44.7 Å². The van der Waals surface area contributed by atoms with Crippen molar-refractivity contribution in [2.24, 2.45) is 5.84 Å². The fraction of sp³-hybridized carbons (Fsp3) is 0.643. The summed E-state index contributed by atoms with van der Waals surface area (Å²) < 4.78 is 5.74. The standard InChI is InChI=1S/C14H23N3O2S/c1-10(8-12-4-3-7-20-12)17(2)9-11-5-6-13(19-11)14(18)16-15/h3-4,7,10-11,13H,5-6,8-9,15H2,1-2H3,(H,16,18). The Balaban J connectivity index is 1.77. The zero-order valence-corrected chi connectivity index (χ0v) is 12.9. The molecule has 2 rings (SSSR count). The second-order valence-electron chi connectivity index (χ2n) is 5.40. The van der Waals surface area contributed by atoms with Gasteiger partial charge in [0.2, 0.25) is 0 Å². The average Bonchev–Trinajstić information content (AvgIpc) is 3.09. The minimum absolute atomic E-state index is 0.119. The zero-order valence-electron chi connectivity index (χ0n) is 12.0. The lowest BCUT2D eigenvalue weighted by Gasteiger charge is -2.27. The van der Waals surface area contributed by atoms with Crippen LogP contribution in [0.15, 0.2) is 17.5 Å². The van der Waals surface area contributed by atoms with Gasteiger partial charge in [-0.1, -0.05) is 6.07 Å². The molecule has 0 aliphatic carbocycles. The minimum Gasteiger partial charge on any atom is -0.364 e. The summed E-state index contributed by atoms with van der Waals surface area (Å²) in [6, 6.07) is 4.71. The third-order valence-corrected chi connectivity index (χ3v) is 4.76. The Hall–Kier alpha value is -0.950. The molecule has 1 aliphatic heterocycles. The van der Waals surface area contributed by atoms with Gasteiger partial charge in [0, 0.05) is 17.5 Å². The van der Waals surface area contributed by atoms with Crippen LogP contribution in [0.3, 0.4) is 0 Å². The van der Waals surface area contributed by atoms with E-state index in [4.69, 9.17) is 10.6 Å². The number of nitrogens with one attached hydrogen (secondary N) is 1. The highest BCUT2D eigenvalue weighted by molar-refractivity contribution is 7.09. The van der Waals surface area contributed by atoms with E-state index in [-0.39, 0.29) is 18.1 Å². The fourth-order valence-electron chi connectivity index (χ4n) is 2.50. The molecule has 6 heteroatoms. The lowest BCUT2D eigenvalue weighted by molar-refractivity contribution is -0.132. The van der Waals surface area contributed by atoms with Crippen LogP contribution in [-0.4, -0.2) is 42.6 Å². The van der Waals surface area contributed by atoms with Crippen molar-refractivity contribution in [2.75, 3.05) is 13.6 Å². The Morgan fingerprint density at radius 1 is 1.65 bits per heavy atom. The number of hydrazine groups is 1. The van der Waals surface area contributed by atoms with Crippen molar-refractivity contribution in [3.8, 4) is 0 Å². The molecule has 112 valence electrons. The van der Waals surface area contributed by atoms with Crippen molar-refractivity contribution in [3.63, 3.8) is 0 Å². The molecule has 1 aliphatic rings. The number of rotatable bonds is 6. The summed E-state index contributed by atoms with van der Waals surface area (Å²) in [5.41, 5.74) is 2.16. The van der Waals surface area contributed by atoms with E-state index < -0.39 is 0 Å². The van der Waals surface area contributed by atoms with E-state index in [1.807, 2.05) is 0 Å². The maximum absolute atomic E-state index is 11.4. The molecule has 0 saturated carbocycles. The molecule has 1 saturated heterocycles. The largest absolute Gasteiger partial charge is 0.364 e. The maximum Gasteiger partial charge on any atom is 0.263 e. The van der Waals surface area contributed by atoms with Gasteiger partial charge in [0.15, 0.2) is 0 Å². The van der Waals surface area contributed by atoms with E-state index in [1.165, 1.54) is 4.88 Å². The van der Waals surface area contributed by atoms with Gasteiger partial charge in [0.25, 0.3) is 5.91 Å². The van der Waals surface area contributed by atoms with Crippen LogP contribution in [-0.2, 0) is 16.0 Å². The molecule has 0 radical (unpaired) electrons. The molecule has 0 bridgehead atoms. The molecule has 3 atom stereocenters. The maximum atomic E-state index is 11.4. The monoisotopic (exact) mass is 297 g/mol. The molecule has 1 amide bonds. The normalized spacial score (nSPS) is 24.0. The molecule has 0 spiro atoms. The fourth-order valence-corrected chi connectivity index (χ4v) is 3.33. The minimum atomic E-state index is -0.383. The first-order chi connectivity index (χ1) is 9.60. The lowest BCUT2D eigenvalue weighted by Crippen LogP contribution is -2.41. The van der Waals surface area contributed by atoms with Crippen LogP contribution in [0.1, 0.15) is 24.6 Å². The number of hydrogen-bond donors (Lipinski definition) is 2. The zero-order chi connectivity index (χ0) is 14.5. The molecular formula is C14H23N3O2S. The number of amides is 1. The Labute approximate surface area is 124 Å². The van der Waals surface area contributed by atoms with Gasteiger partial charge in [-0.3, -0.25) is 10.2 Å². The van der Waals surface area contributed by atoms with Crippen molar-refractivity contribution in [2.45, 2.75) is 44.4 Å². The van der Waals surface area contributed by atoms with Crippen LogP contribution in [0.4, 0.5) is 0 Å². The summed E-state index contributed by atoms with van der Waals surface area (Å²) in [6.07, 6.45) is 2.45. The number of ether oxygens (including phenoxy) is 1. The summed E-state index contributed by atoms with van der Waals surface area (Å²) in [5.74, 6) is 4.91. The SMILES string of the molecule is CC(Cc1cccs1)N(C)CC1CCC(C(=O)NN)O1. The van der Waals surface area contributed by atoms with Crippen molar-refractivity contribution >= 4 is 17.2 Å². The second kappa shape index (κ2) is 7.17. The van der Waals surface area contributed by atoms with Gasteiger partial charge < -0.3 is 9.64 Å². The molecule has 1 aromatic rings. The number of thiophene rings is 1. The summed E-state index contributed by atoms with van der Waals surface area (Å²) in [4.78, 5) is 15.1.